The van der Waals surface area contributed by atoms with Crippen molar-refractivity contribution in [3.63, 3.8) is 0 Å². The SMILES string of the molecule is Cc1cccc(C(=O)NCC(C)S(C)=O)c1N. The van der Waals surface area contributed by atoms with Crippen LogP contribution in [0.15, 0.2) is 18.2 Å². The van der Waals surface area contributed by atoms with Crippen molar-refractivity contribution in [1.29, 1.82) is 0 Å². The normalized spacial score (nSPS) is 14.1. The summed E-state index contributed by atoms with van der Waals surface area (Å²) in [5.74, 6) is -0.219. The van der Waals surface area contributed by atoms with E-state index in [0.29, 0.717) is 17.8 Å². The molecule has 0 saturated heterocycles. The maximum atomic E-state index is 11.9. The van der Waals surface area contributed by atoms with Crippen LogP contribution in [0, 0.1) is 6.92 Å². The molecule has 0 saturated carbocycles. The van der Waals surface area contributed by atoms with E-state index in [4.69, 9.17) is 5.73 Å². The van der Waals surface area contributed by atoms with Crippen molar-refractivity contribution >= 4 is 22.4 Å². The number of para-hydroxylation sites is 1. The summed E-state index contributed by atoms with van der Waals surface area (Å²) < 4.78 is 11.1. The van der Waals surface area contributed by atoms with Crippen molar-refractivity contribution in [3.8, 4) is 0 Å². The summed E-state index contributed by atoms with van der Waals surface area (Å²) in [6, 6.07) is 5.34. The molecule has 1 aromatic carbocycles. The molecule has 3 N–H and O–H groups in total. The first-order chi connectivity index (χ1) is 7.93. The molecule has 2 atom stereocenters. The number of nitrogens with two attached hydrogens (primary N) is 1. The van der Waals surface area contributed by atoms with Crippen molar-refractivity contribution < 1.29 is 9.00 Å². The molecule has 17 heavy (non-hydrogen) atoms. The molecule has 1 amide bonds. The Labute approximate surface area is 104 Å². The lowest BCUT2D eigenvalue weighted by atomic mass is 10.1. The number of hydrogen-bond donors (Lipinski definition) is 2. The molecule has 1 rings (SSSR count). The van der Waals surface area contributed by atoms with E-state index in [1.165, 1.54) is 0 Å². The van der Waals surface area contributed by atoms with Gasteiger partial charge < -0.3 is 11.1 Å². The molecule has 5 heteroatoms. The Bertz CT molecular complexity index is 446. The van der Waals surface area contributed by atoms with Gasteiger partial charge in [-0.2, -0.15) is 0 Å². The van der Waals surface area contributed by atoms with Gasteiger partial charge in [0.2, 0.25) is 0 Å². The summed E-state index contributed by atoms with van der Waals surface area (Å²) in [7, 11) is -0.939. The first-order valence-corrected chi connectivity index (χ1v) is 7.01. The highest BCUT2D eigenvalue weighted by Crippen LogP contribution is 2.16. The Hall–Kier alpha value is -1.36. The summed E-state index contributed by atoms with van der Waals surface area (Å²) in [6.07, 6.45) is 1.62. The van der Waals surface area contributed by atoms with E-state index in [-0.39, 0.29) is 11.2 Å². The molecule has 1 aromatic rings. The molecule has 0 bridgehead atoms. The molecule has 94 valence electrons. The van der Waals surface area contributed by atoms with Crippen LogP contribution in [0.1, 0.15) is 22.8 Å². The third kappa shape index (κ3) is 3.56. The number of amides is 1. The van der Waals surface area contributed by atoms with Crippen molar-refractivity contribution in [1.82, 2.24) is 5.32 Å². The molecule has 0 spiro atoms. The fourth-order valence-electron chi connectivity index (χ4n) is 1.33. The smallest absolute Gasteiger partial charge is 0.253 e. The van der Waals surface area contributed by atoms with E-state index < -0.39 is 10.8 Å². The second-order valence-electron chi connectivity index (χ2n) is 4.06. The Morgan fingerprint density at radius 1 is 1.53 bits per heavy atom. The van der Waals surface area contributed by atoms with Crippen LogP contribution in [0.3, 0.4) is 0 Å². The Morgan fingerprint density at radius 2 is 2.18 bits per heavy atom. The van der Waals surface area contributed by atoms with Gasteiger partial charge in [0.1, 0.15) is 0 Å². The zero-order chi connectivity index (χ0) is 13.0. The predicted octanol–water partition coefficient (Wildman–Crippen LogP) is 1.07. The third-order valence-electron chi connectivity index (χ3n) is 2.69. The molecule has 2 unspecified atom stereocenters. The Morgan fingerprint density at radius 3 is 2.76 bits per heavy atom. The second-order valence-corrected chi connectivity index (χ2v) is 5.86. The minimum atomic E-state index is -0.939. The number of anilines is 1. The van der Waals surface area contributed by atoms with Gasteiger partial charge in [0.25, 0.3) is 5.91 Å². The molecular weight excluding hydrogens is 236 g/mol. The van der Waals surface area contributed by atoms with Gasteiger partial charge in [-0.05, 0) is 25.5 Å². The van der Waals surface area contributed by atoms with Crippen LogP contribution in [0.5, 0.6) is 0 Å². The van der Waals surface area contributed by atoms with Crippen LogP contribution < -0.4 is 11.1 Å². The van der Waals surface area contributed by atoms with E-state index in [1.807, 2.05) is 19.9 Å². The molecule has 0 aliphatic heterocycles. The molecule has 4 nitrogen and oxygen atoms in total. The van der Waals surface area contributed by atoms with Crippen LogP contribution in [-0.4, -0.2) is 28.2 Å². The highest BCUT2D eigenvalue weighted by Gasteiger charge is 2.13. The van der Waals surface area contributed by atoms with Gasteiger partial charge in [-0.1, -0.05) is 12.1 Å². The Kier molecular flexibility index (Phi) is 4.69. The van der Waals surface area contributed by atoms with Crippen molar-refractivity contribution in [3.05, 3.63) is 29.3 Å². The molecule has 0 fully saturated rings. The summed E-state index contributed by atoms with van der Waals surface area (Å²) in [5, 5.41) is 2.67. The van der Waals surface area contributed by atoms with Crippen LogP contribution >= 0.6 is 0 Å². The van der Waals surface area contributed by atoms with Crippen LogP contribution in [0.2, 0.25) is 0 Å². The summed E-state index contributed by atoms with van der Waals surface area (Å²) in [6.45, 7) is 4.07. The zero-order valence-corrected chi connectivity index (χ0v) is 11.1. The molecular formula is C12H18N2O2S. The molecule has 0 aliphatic carbocycles. The monoisotopic (exact) mass is 254 g/mol. The number of nitrogen functional groups attached to an aromatic ring is 1. The third-order valence-corrected chi connectivity index (χ3v) is 3.99. The Balaban J connectivity index is 2.71. The topological polar surface area (TPSA) is 72.2 Å². The number of carbonyl (C=O) groups is 1. The van der Waals surface area contributed by atoms with E-state index in [2.05, 4.69) is 5.32 Å². The number of hydrogen-bond acceptors (Lipinski definition) is 3. The van der Waals surface area contributed by atoms with E-state index in [0.717, 1.165) is 5.56 Å². The average molecular weight is 254 g/mol. The number of benzene rings is 1. The van der Waals surface area contributed by atoms with Crippen molar-refractivity contribution in [2.75, 3.05) is 18.5 Å². The first-order valence-electron chi connectivity index (χ1n) is 5.39. The zero-order valence-electron chi connectivity index (χ0n) is 10.3. The van der Waals surface area contributed by atoms with Gasteiger partial charge in [-0.15, -0.1) is 0 Å². The average Bonchev–Trinajstić information content (AvgIpc) is 2.29. The molecule has 0 aromatic heterocycles. The highest BCUT2D eigenvalue weighted by molar-refractivity contribution is 7.84. The van der Waals surface area contributed by atoms with E-state index in [1.54, 1.807) is 18.4 Å². The lowest BCUT2D eigenvalue weighted by molar-refractivity contribution is 0.0955. The summed E-state index contributed by atoms with van der Waals surface area (Å²) in [4.78, 5) is 11.9. The largest absolute Gasteiger partial charge is 0.398 e. The number of nitrogens with one attached hydrogen (secondary N) is 1. The van der Waals surface area contributed by atoms with E-state index >= 15 is 0 Å². The van der Waals surface area contributed by atoms with Crippen LogP contribution in [0.25, 0.3) is 0 Å². The molecule has 0 radical (unpaired) electrons. The number of aryl methyl sites for hydroxylation is 1. The summed E-state index contributed by atoms with van der Waals surface area (Å²) >= 11 is 0. The minimum absolute atomic E-state index is 0.0648. The van der Waals surface area contributed by atoms with Crippen LogP contribution in [-0.2, 0) is 10.8 Å². The van der Waals surface area contributed by atoms with Gasteiger partial charge in [-0.3, -0.25) is 9.00 Å². The summed E-state index contributed by atoms with van der Waals surface area (Å²) in [5.41, 5.74) is 7.68. The minimum Gasteiger partial charge on any atom is -0.398 e. The first kappa shape index (κ1) is 13.7. The van der Waals surface area contributed by atoms with Gasteiger partial charge in [-0.25, -0.2) is 0 Å². The number of rotatable bonds is 4. The van der Waals surface area contributed by atoms with Gasteiger partial charge >= 0.3 is 0 Å². The van der Waals surface area contributed by atoms with Crippen LogP contribution in [0.4, 0.5) is 5.69 Å². The van der Waals surface area contributed by atoms with Crippen molar-refractivity contribution in [2.24, 2.45) is 0 Å². The number of carbonyl (C=O) groups excluding carboxylic acids is 1. The highest BCUT2D eigenvalue weighted by atomic mass is 32.2. The lowest BCUT2D eigenvalue weighted by Crippen LogP contribution is -2.33. The molecule has 0 heterocycles. The quantitative estimate of drug-likeness (QED) is 0.790. The van der Waals surface area contributed by atoms with Gasteiger partial charge in [0.05, 0.1) is 5.56 Å². The standard InChI is InChI=1S/C12H18N2O2S/c1-8-5-4-6-10(11(8)13)12(15)14-7-9(2)17(3)16/h4-6,9H,7,13H2,1-3H3,(H,14,15). The predicted molar refractivity (Wildman–Crippen MR) is 71.5 cm³/mol. The van der Waals surface area contributed by atoms with Gasteiger partial charge in [0.15, 0.2) is 0 Å². The maximum absolute atomic E-state index is 11.9. The maximum Gasteiger partial charge on any atom is 0.253 e. The fraction of sp³-hybridized carbons (Fsp3) is 0.417. The van der Waals surface area contributed by atoms with Crippen molar-refractivity contribution in [2.45, 2.75) is 19.1 Å². The van der Waals surface area contributed by atoms with E-state index in [9.17, 15) is 9.00 Å². The second kappa shape index (κ2) is 5.82. The lowest BCUT2D eigenvalue weighted by Gasteiger charge is -2.12. The fourth-order valence-corrected chi connectivity index (χ4v) is 1.65. The molecule has 0 aliphatic rings. The van der Waals surface area contributed by atoms with Gasteiger partial charge in [0, 0.05) is 34.5 Å².